The molecular formula is C26H37F2N5O5S. The molecule has 0 radical (unpaired) electrons. The molecule has 3 aliphatic heterocycles. The van der Waals surface area contributed by atoms with Crippen molar-refractivity contribution in [3.63, 3.8) is 0 Å². The number of thioether (sulfide) groups is 1. The van der Waals surface area contributed by atoms with Gasteiger partial charge in [0, 0.05) is 38.5 Å². The standard InChI is InChI=1S/C26H37F2N5O5S/c1-24(2,3)38-23(34)29-12-15-11-26(27,28)9-10-32(15)13-18-20-21(37-25(4,5)36-20)19(35-18)16-7-8-17-22(39-6)30-14-31-33(16)17/h7-8,14-15,18-21H,9-13H2,1-6H3,(H,29,34)/t15-,18+,19-,20+,21-/m0/s1. The second-order valence-electron chi connectivity index (χ2n) is 11.8. The van der Waals surface area contributed by atoms with Gasteiger partial charge in [0.05, 0.1) is 11.2 Å². The van der Waals surface area contributed by atoms with E-state index in [-0.39, 0.29) is 25.9 Å². The molecule has 216 valence electrons. The van der Waals surface area contributed by atoms with E-state index in [0.717, 1.165) is 16.2 Å². The molecule has 0 saturated carbocycles. The third kappa shape index (κ3) is 6.17. The minimum absolute atomic E-state index is 0.0370. The molecule has 3 saturated heterocycles. The number of hydrogen-bond acceptors (Lipinski definition) is 9. The Labute approximate surface area is 231 Å². The summed E-state index contributed by atoms with van der Waals surface area (Å²) in [5.41, 5.74) is 1.00. The first-order valence-electron chi connectivity index (χ1n) is 13.2. The summed E-state index contributed by atoms with van der Waals surface area (Å²) < 4.78 is 55.2. The summed E-state index contributed by atoms with van der Waals surface area (Å²) >= 11 is 1.53. The van der Waals surface area contributed by atoms with Crippen LogP contribution in [0.3, 0.4) is 0 Å². The van der Waals surface area contributed by atoms with Gasteiger partial charge in [0.2, 0.25) is 0 Å². The van der Waals surface area contributed by atoms with Crippen LogP contribution in [0.1, 0.15) is 59.3 Å². The van der Waals surface area contributed by atoms with Gasteiger partial charge in [-0.05, 0) is 53.0 Å². The number of aromatic nitrogens is 3. The highest BCUT2D eigenvalue weighted by Gasteiger charge is 2.57. The van der Waals surface area contributed by atoms with Crippen LogP contribution in [-0.2, 0) is 18.9 Å². The van der Waals surface area contributed by atoms with E-state index < -0.39 is 53.9 Å². The fourth-order valence-corrected chi connectivity index (χ4v) is 6.14. The zero-order chi connectivity index (χ0) is 28.2. The number of carbonyl (C=O) groups excluding carboxylic acids is 1. The Morgan fingerprint density at radius 1 is 1.26 bits per heavy atom. The number of nitrogens with zero attached hydrogens (tertiary/aromatic N) is 4. The lowest BCUT2D eigenvalue weighted by Gasteiger charge is -2.41. The quantitative estimate of drug-likeness (QED) is 0.517. The maximum Gasteiger partial charge on any atom is 0.407 e. The number of alkyl halides is 2. The highest BCUT2D eigenvalue weighted by atomic mass is 32.2. The van der Waals surface area contributed by atoms with Crippen LogP contribution in [0.5, 0.6) is 0 Å². The van der Waals surface area contributed by atoms with E-state index in [4.69, 9.17) is 18.9 Å². The number of nitrogens with one attached hydrogen (secondary N) is 1. The van der Waals surface area contributed by atoms with Gasteiger partial charge in [-0.25, -0.2) is 23.1 Å². The second-order valence-corrected chi connectivity index (χ2v) is 12.6. The first-order chi connectivity index (χ1) is 18.3. The van der Waals surface area contributed by atoms with Gasteiger partial charge in [0.1, 0.15) is 41.4 Å². The van der Waals surface area contributed by atoms with Gasteiger partial charge in [-0.1, -0.05) is 0 Å². The number of fused-ring (bicyclic) bond motifs is 2. The number of amides is 1. The molecule has 0 aromatic carbocycles. The summed E-state index contributed by atoms with van der Waals surface area (Å²) in [4.78, 5) is 18.5. The number of alkyl carbamates (subject to hydrolysis) is 1. The van der Waals surface area contributed by atoms with Crippen molar-refractivity contribution in [1.82, 2.24) is 24.8 Å². The van der Waals surface area contributed by atoms with Crippen LogP contribution in [-0.4, -0.2) is 93.1 Å². The Hall–Kier alpha value is -2.06. The molecule has 5 heterocycles. The van der Waals surface area contributed by atoms with Gasteiger partial charge in [-0.2, -0.15) is 5.10 Å². The molecule has 5 atom stereocenters. The van der Waals surface area contributed by atoms with Crippen molar-refractivity contribution in [2.24, 2.45) is 0 Å². The maximum absolute atomic E-state index is 14.4. The van der Waals surface area contributed by atoms with Gasteiger partial charge >= 0.3 is 6.09 Å². The molecular weight excluding hydrogens is 532 g/mol. The van der Waals surface area contributed by atoms with Crippen LogP contribution >= 0.6 is 11.8 Å². The molecule has 0 bridgehead atoms. The van der Waals surface area contributed by atoms with E-state index in [2.05, 4.69) is 15.4 Å². The molecule has 3 aliphatic rings. The Morgan fingerprint density at radius 2 is 2.00 bits per heavy atom. The van der Waals surface area contributed by atoms with Crippen LogP contribution in [0.2, 0.25) is 0 Å². The largest absolute Gasteiger partial charge is 0.444 e. The highest BCUT2D eigenvalue weighted by Crippen LogP contribution is 2.46. The number of ether oxygens (including phenoxy) is 4. The zero-order valence-electron chi connectivity index (χ0n) is 23.1. The van der Waals surface area contributed by atoms with Crippen molar-refractivity contribution >= 4 is 23.4 Å². The van der Waals surface area contributed by atoms with Gasteiger partial charge in [0.25, 0.3) is 5.92 Å². The molecule has 10 nitrogen and oxygen atoms in total. The molecule has 3 fully saturated rings. The van der Waals surface area contributed by atoms with Crippen molar-refractivity contribution in [3.05, 3.63) is 24.2 Å². The normalized spacial score (nSPS) is 30.4. The van der Waals surface area contributed by atoms with Gasteiger partial charge in [-0.3, -0.25) is 4.90 Å². The minimum atomic E-state index is -2.81. The molecule has 5 rings (SSSR count). The molecule has 1 amide bonds. The molecule has 2 aromatic rings. The first-order valence-corrected chi connectivity index (χ1v) is 14.4. The van der Waals surface area contributed by atoms with Gasteiger partial charge in [-0.15, -0.1) is 11.8 Å². The summed E-state index contributed by atoms with van der Waals surface area (Å²) in [6.45, 7) is 9.54. The average molecular weight is 570 g/mol. The number of rotatable bonds is 6. The van der Waals surface area contributed by atoms with Gasteiger partial charge in [0.15, 0.2) is 5.79 Å². The Morgan fingerprint density at radius 3 is 2.72 bits per heavy atom. The number of likely N-dealkylation sites (tertiary alicyclic amines) is 1. The lowest BCUT2D eigenvalue weighted by molar-refractivity contribution is -0.191. The topological polar surface area (TPSA) is 99.5 Å². The predicted molar refractivity (Wildman–Crippen MR) is 140 cm³/mol. The molecule has 0 spiro atoms. The van der Waals surface area contributed by atoms with Crippen molar-refractivity contribution < 1.29 is 32.5 Å². The summed E-state index contributed by atoms with van der Waals surface area (Å²) in [5, 5.41) is 7.97. The molecule has 1 N–H and O–H groups in total. The monoisotopic (exact) mass is 569 g/mol. The van der Waals surface area contributed by atoms with E-state index in [1.165, 1.54) is 18.1 Å². The molecule has 39 heavy (non-hydrogen) atoms. The van der Waals surface area contributed by atoms with E-state index >= 15 is 0 Å². The van der Waals surface area contributed by atoms with Crippen molar-refractivity contribution in [3.8, 4) is 0 Å². The number of hydrogen-bond donors (Lipinski definition) is 1. The Balaban J connectivity index is 1.36. The fourth-order valence-electron chi connectivity index (χ4n) is 5.62. The fraction of sp³-hybridized carbons (Fsp3) is 0.731. The average Bonchev–Trinajstić information content (AvgIpc) is 3.48. The Kier molecular flexibility index (Phi) is 7.59. The number of halogens is 2. The SMILES string of the molecule is CSc1ncnn2c([C@@H]3O[C@H](CN4CCC(F)(F)C[C@H]4CNC(=O)OC(C)(C)C)[C@H]4OC(C)(C)O[C@H]43)ccc12. The van der Waals surface area contributed by atoms with Crippen molar-refractivity contribution in [2.75, 3.05) is 25.9 Å². The molecule has 2 aromatic heterocycles. The van der Waals surface area contributed by atoms with Crippen LogP contribution < -0.4 is 5.32 Å². The van der Waals surface area contributed by atoms with Crippen LogP contribution in [0.15, 0.2) is 23.5 Å². The lowest BCUT2D eigenvalue weighted by atomic mass is 9.97. The van der Waals surface area contributed by atoms with E-state index in [1.54, 1.807) is 20.8 Å². The van der Waals surface area contributed by atoms with E-state index in [0.29, 0.717) is 6.54 Å². The molecule has 0 unspecified atom stereocenters. The summed E-state index contributed by atoms with van der Waals surface area (Å²) in [6.07, 6.45) is 0.490. The number of piperidine rings is 1. The predicted octanol–water partition coefficient (Wildman–Crippen LogP) is 4.04. The minimum Gasteiger partial charge on any atom is -0.444 e. The van der Waals surface area contributed by atoms with E-state index in [1.807, 2.05) is 41.7 Å². The van der Waals surface area contributed by atoms with Gasteiger partial charge < -0.3 is 24.3 Å². The summed E-state index contributed by atoms with van der Waals surface area (Å²) in [5.74, 6) is -3.64. The highest BCUT2D eigenvalue weighted by molar-refractivity contribution is 7.98. The van der Waals surface area contributed by atoms with Crippen LogP contribution in [0.25, 0.3) is 5.52 Å². The number of carbonyl (C=O) groups is 1. The summed E-state index contributed by atoms with van der Waals surface area (Å²) in [7, 11) is 0. The van der Waals surface area contributed by atoms with Crippen LogP contribution in [0, 0.1) is 0 Å². The molecule has 0 aliphatic carbocycles. The lowest BCUT2D eigenvalue weighted by Crippen LogP contribution is -2.55. The first kappa shape index (κ1) is 28.5. The van der Waals surface area contributed by atoms with Crippen LogP contribution in [0.4, 0.5) is 13.6 Å². The van der Waals surface area contributed by atoms with Crippen molar-refractivity contribution in [1.29, 1.82) is 0 Å². The zero-order valence-corrected chi connectivity index (χ0v) is 24.0. The Bertz CT molecular complexity index is 1210. The van der Waals surface area contributed by atoms with Crippen molar-refractivity contribution in [2.45, 2.75) is 100 Å². The second kappa shape index (κ2) is 10.4. The molecule has 13 heteroatoms. The third-order valence-electron chi connectivity index (χ3n) is 7.19. The summed E-state index contributed by atoms with van der Waals surface area (Å²) in [6, 6.07) is 3.32. The van der Waals surface area contributed by atoms with E-state index in [9.17, 15) is 13.6 Å². The third-order valence-corrected chi connectivity index (χ3v) is 7.89. The maximum atomic E-state index is 14.4. The smallest absolute Gasteiger partial charge is 0.407 e.